The van der Waals surface area contributed by atoms with Crippen LogP contribution >= 0.6 is 0 Å². The molecular weight excluding hydrogens is 397 g/mol. The lowest BCUT2D eigenvalue weighted by molar-refractivity contribution is -0.135. The number of halogens is 1. The summed E-state index contributed by atoms with van der Waals surface area (Å²) in [6, 6.07) is 15.4. The number of amides is 3. The van der Waals surface area contributed by atoms with E-state index >= 15 is 0 Å². The first-order chi connectivity index (χ1) is 14.9. The Bertz CT molecular complexity index is 907. The van der Waals surface area contributed by atoms with Crippen molar-refractivity contribution in [3.05, 3.63) is 71.5 Å². The highest BCUT2D eigenvalue weighted by Gasteiger charge is 2.43. The van der Waals surface area contributed by atoms with Crippen molar-refractivity contribution in [2.24, 2.45) is 0 Å². The molecule has 2 aromatic carbocycles. The van der Waals surface area contributed by atoms with Gasteiger partial charge in [0.25, 0.3) is 0 Å². The Morgan fingerprint density at radius 1 is 0.935 bits per heavy atom. The highest BCUT2D eigenvalue weighted by molar-refractivity contribution is 5.89. The molecule has 7 heteroatoms. The minimum absolute atomic E-state index is 0.0194. The minimum Gasteiger partial charge on any atom is -0.354 e. The van der Waals surface area contributed by atoms with Crippen LogP contribution in [0.3, 0.4) is 0 Å². The average Bonchev–Trinajstić information content (AvgIpc) is 2.78. The quantitative estimate of drug-likeness (QED) is 0.668. The molecular formula is C24H28FN3O3. The predicted molar refractivity (Wildman–Crippen MR) is 116 cm³/mol. The molecule has 1 aliphatic heterocycles. The highest BCUT2D eigenvalue weighted by atomic mass is 19.1. The van der Waals surface area contributed by atoms with Crippen LogP contribution in [0.5, 0.6) is 0 Å². The summed E-state index contributed by atoms with van der Waals surface area (Å²) in [6.45, 7) is 3.22. The summed E-state index contributed by atoms with van der Waals surface area (Å²) in [5.41, 5.74) is 0.977. The number of rotatable bonds is 7. The van der Waals surface area contributed by atoms with Gasteiger partial charge in [0.2, 0.25) is 17.7 Å². The van der Waals surface area contributed by atoms with E-state index in [0.717, 1.165) is 11.1 Å². The Morgan fingerprint density at radius 3 is 2.16 bits per heavy atom. The third-order valence-corrected chi connectivity index (χ3v) is 5.83. The van der Waals surface area contributed by atoms with E-state index in [1.165, 1.54) is 12.1 Å². The van der Waals surface area contributed by atoms with Gasteiger partial charge in [0.05, 0.1) is 11.8 Å². The predicted octanol–water partition coefficient (Wildman–Crippen LogP) is 2.18. The van der Waals surface area contributed by atoms with E-state index in [0.29, 0.717) is 39.0 Å². The molecule has 2 N–H and O–H groups in total. The molecule has 1 fully saturated rings. The van der Waals surface area contributed by atoms with E-state index in [4.69, 9.17) is 0 Å². The first-order valence-corrected chi connectivity index (χ1v) is 10.5. The van der Waals surface area contributed by atoms with Crippen molar-refractivity contribution in [2.75, 3.05) is 26.2 Å². The number of piperidine rings is 1. The molecule has 0 spiro atoms. The maximum Gasteiger partial charge on any atom is 0.230 e. The van der Waals surface area contributed by atoms with Gasteiger partial charge in [-0.05, 0) is 36.1 Å². The first kappa shape index (κ1) is 22.5. The maximum atomic E-state index is 13.2. The van der Waals surface area contributed by atoms with Gasteiger partial charge in [0.1, 0.15) is 5.82 Å². The first-order valence-electron chi connectivity index (χ1n) is 10.5. The molecule has 1 aliphatic rings. The summed E-state index contributed by atoms with van der Waals surface area (Å²) in [6.07, 6.45) is 1.27. The highest BCUT2D eigenvalue weighted by Crippen LogP contribution is 2.35. The van der Waals surface area contributed by atoms with Crippen LogP contribution in [0.25, 0.3) is 0 Å². The number of hydrogen-bond donors (Lipinski definition) is 2. The van der Waals surface area contributed by atoms with Crippen molar-refractivity contribution < 1.29 is 18.8 Å². The van der Waals surface area contributed by atoms with Gasteiger partial charge in [-0.25, -0.2) is 4.39 Å². The van der Waals surface area contributed by atoms with Crippen molar-refractivity contribution in [3.63, 3.8) is 0 Å². The standard InChI is InChI=1S/C24H28FN3O3/c1-18(29)28-15-11-24(12-16-28,20-5-3-2-4-6-20)23(31)27-14-13-26-22(30)17-19-7-9-21(25)10-8-19/h2-10H,11-17H2,1H3,(H,26,30)(H,27,31). The van der Waals surface area contributed by atoms with Gasteiger partial charge in [-0.15, -0.1) is 0 Å². The summed E-state index contributed by atoms with van der Waals surface area (Å²) in [7, 11) is 0. The van der Waals surface area contributed by atoms with Gasteiger partial charge in [0, 0.05) is 33.1 Å². The molecule has 3 rings (SSSR count). The lowest BCUT2D eigenvalue weighted by Crippen LogP contribution is -2.53. The average molecular weight is 426 g/mol. The van der Waals surface area contributed by atoms with Gasteiger partial charge in [-0.2, -0.15) is 0 Å². The summed E-state index contributed by atoms with van der Waals surface area (Å²) < 4.78 is 13.0. The number of likely N-dealkylation sites (tertiary alicyclic amines) is 1. The Labute approximate surface area is 181 Å². The second-order valence-electron chi connectivity index (χ2n) is 7.86. The zero-order chi connectivity index (χ0) is 22.3. The van der Waals surface area contributed by atoms with Gasteiger partial charge >= 0.3 is 0 Å². The van der Waals surface area contributed by atoms with Gasteiger partial charge in [0.15, 0.2) is 0 Å². The zero-order valence-electron chi connectivity index (χ0n) is 17.7. The second kappa shape index (κ2) is 10.2. The number of benzene rings is 2. The molecule has 0 aromatic heterocycles. The summed E-state index contributed by atoms with van der Waals surface area (Å²) in [5, 5.41) is 5.73. The van der Waals surface area contributed by atoms with Crippen LogP contribution in [0, 0.1) is 5.82 Å². The third-order valence-electron chi connectivity index (χ3n) is 5.83. The van der Waals surface area contributed by atoms with E-state index in [9.17, 15) is 18.8 Å². The van der Waals surface area contributed by atoms with E-state index in [1.54, 1.807) is 24.0 Å². The molecule has 0 bridgehead atoms. The molecule has 31 heavy (non-hydrogen) atoms. The Hall–Kier alpha value is -3.22. The van der Waals surface area contributed by atoms with Crippen LogP contribution in [0.15, 0.2) is 54.6 Å². The van der Waals surface area contributed by atoms with Gasteiger partial charge in [-0.3, -0.25) is 14.4 Å². The Morgan fingerprint density at radius 2 is 1.55 bits per heavy atom. The molecule has 6 nitrogen and oxygen atoms in total. The van der Waals surface area contributed by atoms with Crippen LogP contribution in [-0.4, -0.2) is 48.8 Å². The number of nitrogens with zero attached hydrogens (tertiary/aromatic N) is 1. The maximum absolute atomic E-state index is 13.2. The molecule has 1 heterocycles. The number of hydrogen-bond acceptors (Lipinski definition) is 3. The van der Waals surface area contributed by atoms with Crippen molar-refractivity contribution >= 4 is 17.7 Å². The van der Waals surface area contributed by atoms with Crippen LogP contribution < -0.4 is 10.6 Å². The van der Waals surface area contributed by atoms with Crippen LogP contribution in [-0.2, 0) is 26.2 Å². The summed E-state index contributed by atoms with van der Waals surface area (Å²) in [4.78, 5) is 38.7. The van der Waals surface area contributed by atoms with Crippen LogP contribution in [0.4, 0.5) is 4.39 Å². The Balaban J connectivity index is 1.54. The van der Waals surface area contributed by atoms with Gasteiger partial charge < -0.3 is 15.5 Å². The zero-order valence-corrected chi connectivity index (χ0v) is 17.7. The third kappa shape index (κ3) is 5.69. The van der Waals surface area contributed by atoms with E-state index in [2.05, 4.69) is 10.6 Å². The molecule has 0 aliphatic carbocycles. The SMILES string of the molecule is CC(=O)N1CCC(C(=O)NCCNC(=O)Cc2ccc(F)cc2)(c2ccccc2)CC1. The molecule has 2 aromatic rings. The van der Waals surface area contributed by atoms with Crippen molar-refractivity contribution in [2.45, 2.75) is 31.6 Å². The lowest BCUT2D eigenvalue weighted by atomic mass is 9.72. The van der Waals surface area contributed by atoms with E-state index in [1.807, 2.05) is 30.3 Å². The molecule has 0 radical (unpaired) electrons. The van der Waals surface area contributed by atoms with Gasteiger partial charge in [-0.1, -0.05) is 42.5 Å². The van der Waals surface area contributed by atoms with E-state index < -0.39 is 5.41 Å². The molecule has 0 saturated carbocycles. The van der Waals surface area contributed by atoms with Crippen LogP contribution in [0.2, 0.25) is 0 Å². The largest absolute Gasteiger partial charge is 0.354 e. The molecule has 0 unspecified atom stereocenters. The van der Waals surface area contributed by atoms with E-state index in [-0.39, 0.29) is 30.0 Å². The number of carbonyl (C=O) groups is 3. The minimum atomic E-state index is -0.689. The molecule has 1 saturated heterocycles. The summed E-state index contributed by atoms with van der Waals surface area (Å²) in [5.74, 6) is -0.595. The second-order valence-corrected chi connectivity index (χ2v) is 7.86. The lowest BCUT2D eigenvalue weighted by Gasteiger charge is -2.40. The van der Waals surface area contributed by atoms with Crippen molar-refractivity contribution in [1.29, 1.82) is 0 Å². The van der Waals surface area contributed by atoms with Crippen LogP contribution in [0.1, 0.15) is 30.9 Å². The topological polar surface area (TPSA) is 78.5 Å². The fourth-order valence-electron chi connectivity index (χ4n) is 4.00. The summed E-state index contributed by atoms with van der Waals surface area (Å²) >= 11 is 0. The molecule has 0 atom stereocenters. The van der Waals surface area contributed by atoms with Crippen molar-refractivity contribution in [3.8, 4) is 0 Å². The Kier molecular flexibility index (Phi) is 7.39. The smallest absolute Gasteiger partial charge is 0.230 e. The number of nitrogens with one attached hydrogen (secondary N) is 2. The molecule has 3 amide bonds. The fraction of sp³-hybridized carbons (Fsp3) is 0.375. The molecule has 164 valence electrons. The monoisotopic (exact) mass is 425 g/mol. The fourth-order valence-corrected chi connectivity index (χ4v) is 4.00. The van der Waals surface area contributed by atoms with Crippen molar-refractivity contribution in [1.82, 2.24) is 15.5 Å². The normalized spacial score (nSPS) is 15.2. The number of carbonyl (C=O) groups excluding carboxylic acids is 3.